The first-order valence-corrected chi connectivity index (χ1v) is 7.69. The first-order valence-electron chi connectivity index (χ1n) is 6.93. The maximum absolute atomic E-state index is 12.4. The number of carbonyl (C=O) groups is 1. The number of hydrogen-bond acceptors (Lipinski definition) is 2. The lowest BCUT2D eigenvalue weighted by atomic mass is 9.95. The minimum absolute atomic E-state index is 0.0756. The number of halogens is 2. The van der Waals surface area contributed by atoms with E-state index < -0.39 is 0 Å². The number of nitrogens with zero attached hydrogens (tertiary/aromatic N) is 1. The molecular weight excluding hydrogens is 295 g/mol. The van der Waals surface area contributed by atoms with E-state index in [0.717, 1.165) is 18.4 Å². The molecule has 0 saturated carbocycles. The van der Waals surface area contributed by atoms with Crippen molar-refractivity contribution in [3.05, 3.63) is 33.8 Å². The zero-order chi connectivity index (χ0) is 14.9. The summed E-state index contributed by atoms with van der Waals surface area (Å²) in [4.78, 5) is 14.2. The lowest BCUT2D eigenvalue weighted by Gasteiger charge is -2.37. The van der Waals surface area contributed by atoms with Crippen LogP contribution >= 0.6 is 23.2 Å². The predicted molar refractivity (Wildman–Crippen MR) is 83.0 cm³/mol. The van der Waals surface area contributed by atoms with E-state index in [1.165, 1.54) is 0 Å². The lowest BCUT2D eigenvalue weighted by molar-refractivity contribution is -0.135. The summed E-state index contributed by atoms with van der Waals surface area (Å²) in [6.45, 7) is 4.00. The van der Waals surface area contributed by atoms with Gasteiger partial charge in [0.2, 0.25) is 5.91 Å². The molecule has 2 N–H and O–H groups in total. The van der Waals surface area contributed by atoms with Gasteiger partial charge in [-0.2, -0.15) is 0 Å². The van der Waals surface area contributed by atoms with Gasteiger partial charge in [0.05, 0.1) is 6.04 Å². The van der Waals surface area contributed by atoms with Crippen LogP contribution < -0.4 is 5.73 Å². The van der Waals surface area contributed by atoms with E-state index >= 15 is 0 Å². The van der Waals surface area contributed by atoms with Crippen LogP contribution in [0.5, 0.6) is 0 Å². The number of rotatable bonds is 2. The second-order valence-electron chi connectivity index (χ2n) is 5.56. The van der Waals surface area contributed by atoms with Crippen LogP contribution in [0.3, 0.4) is 0 Å². The number of likely N-dealkylation sites (tertiary alicyclic amines) is 1. The molecule has 2 rings (SSSR count). The van der Waals surface area contributed by atoms with E-state index in [-0.39, 0.29) is 24.0 Å². The van der Waals surface area contributed by atoms with Gasteiger partial charge >= 0.3 is 0 Å². The fourth-order valence-electron chi connectivity index (χ4n) is 2.87. The summed E-state index contributed by atoms with van der Waals surface area (Å²) >= 11 is 12.4. The Morgan fingerprint density at radius 3 is 2.70 bits per heavy atom. The third-order valence-electron chi connectivity index (χ3n) is 3.75. The van der Waals surface area contributed by atoms with Gasteiger partial charge in [0.15, 0.2) is 0 Å². The van der Waals surface area contributed by atoms with Crippen LogP contribution in [0.4, 0.5) is 0 Å². The summed E-state index contributed by atoms with van der Waals surface area (Å²) in [5, 5.41) is 1.22. The zero-order valence-electron chi connectivity index (χ0n) is 11.8. The molecule has 1 heterocycles. The van der Waals surface area contributed by atoms with Crippen LogP contribution in [-0.2, 0) is 4.79 Å². The Balaban J connectivity index is 2.51. The highest BCUT2D eigenvalue weighted by molar-refractivity contribution is 6.33. The Bertz CT molecular complexity index is 505. The van der Waals surface area contributed by atoms with E-state index in [1.807, 2.05) is 24.8 Å². The van der Waals surface area contributed by atoms with Gasteiger partial charge in [-0.15, -0.1) is 0 Å². The third-order valence-corrected chi connectivity index (χ3v) is 4.33. The Kier molecular flexibility index (Phi) is 4.95. The third kappa shape index (κ3) is 3.11. The molecule has 0 aromatic heterocycles. The fraction of sp³-hybridized carbons (Fsp3) is 0.533. The largest absolute Gasteiger partial charge is 0.332 e. The maximum atomic E-state index is 12.4. The molecule has 2 atom stereocenters. The van der Waals surface area contributed by atoms with Crippen molar-refractivity contribution in [1.29, 1.82) is 0 Å². The van der Waals surface area contributed by atoms with E-state index in [0.29, 0.717) is 16.5 Å². The van der Waals surface area contributed by atoms with E-state index in [2.05, 4.69) is 0 Å². The highest BCUT2D eigenvalue weighted by Crippen LogP contribution is 2.36. The molecule has 2 unspecified atom stereocenters. The van der Waals surface area contributed by atoms with Crippen molar-refractivity contribution in [2.45, 2.75) is 51.2 Å². The van der Waals surface area contributed by atoms with Gasteiger partial charge in [-0.05, 0) is 50.5 Å². The summed E-state index contributed by atoms with van der Waals surface area (Å²) in [5.74, 6) is 0.133. The molecule has 1 fully saturated rings. The second-order valence-corrected chi connectivity index (χ2v) is 6.41. The van der Waals surface area contributed by atoms with Crippen molar-refractivity contribution in [2.24, 2.45) is 5.73 Å². The number of amides is 1. The first kappa shape index (κ1) is 15.6. The van der Waals surface area contributed by atoms with Crippen molar-refractivity contribution in [3.63, 3.8) is 0 Å². The second kappa shape index (κ2) is 6.33. The molecule has 0 bridgehead atoms. The molecule has 5 heteroatoms. The van der Waals surface area contributed by atoms with Crippen molar-refractivity contribution in [1.82, 2.24) is 4.90 Å². The minimum Gasteiger partial charge on any atom is -0.332 e. The van der Waals surface area contributed by atoms with Gasteiger partial charge in [-0.1, -0.05) is 23.2 Å². The summed E-state index contributed by atoms with van der Waals surface area (Å²) in [6.07, 6.45) is 2.17. The van der Waals surface area contributed by atoms with Gasteiger partial charge in [-0.3, -0.25) is 4.79 Å². The van der Waals surface area contributed by atoms with Crippen molar-refractivity contribution in [3.8, 4) is 0 Å². The molecule has 1 aliphatic heterocycles. The zero-order valence-corrected chi connectivity index (χ0v) is 13.3. The molecule has 0 spiro atoms. The quantitative estimate of drug-likeness (QED) is 0.903. The maximum Gasteiger partial charge on any atom is 0.223 e. The van der Waals surface area contributed by atoms with Gasteiger partial charge in [0, 0.05) is 28.5 Å². The molecule has 1 amide bonds. The molecular formula is C15H20Cl2N2O. The van der Waals surface area contributed by atoms with Crippen molar-refractivity contribution >= 4 is 29.1 Å². The Labute approximate surface area is 130 Å². The molecule has 1 aromatic carbocycles. The molecule has 110 valence electrons. The molecule has 0 radical (unpaired) electrons. The normalized spacial score (nSPS) is 24.1. The molecule has 1 saturated heterocycles. The molecule has 1 aliphatic rings. The SMILES string of the molecule is CC(C)N1C(=O)CCCC(N)C1c1cc(Cl)ccc1Cl. The van der Waals surface area contributed by atoms with Crippen LogP contribution in [0.15, 0.2) is 18.2 Å². The van der Waals surface area contributed by atoms with Gasteiger partial charge < -0.3 is 10.6 Å². The molecule has 20 heavy (non-hydrogen) atoms. The number of carbonyl (C=O) groups excluding carboxylic acids is 1. The van der Waals surface area contributed by atoms with E-state index in [1.54, 1.807) is 12.1 Å². The van der Waals surface area contributed by atoms with E-state index in [4.69, 9.17) is 28.9 Å². The number of hydrogen-bond donors (Lipinski definition) is 1. The Morgan fingerprint density at radius 1 is 1.35 bits per heavy atom. The summed E-state index contributed by atoms with van der Waals surface area (Å²) < 4.78 is 0. The molecule has 1 aromatic rings. The van der Waals surface area contributed by atoms with Gasteiger partial charge in [0.25, 0.3) is 0 Å². The van der Waals surface area contributed by atoms with Crippen LogP contribution in [0.2, 0.25) is 10.0 Å². The Morgan fingerprint density at radius 2 is 2.05 bits per heavy atom. The molecule has 3 nitrogen and oxygen atoms in total. The Hall–Kier alpha value is -0.770. The summed E-state index contributed by atoms with van der Waals surface area (Å²) in [5.41, 5.74) is 7.17. The predicted octanol–water partition coefficient (Wildman–Crippen LogP) is 3.78. The lowest BCUT2D eigenvalue weighted by Crippen LogP contribution is -2.45. The smallest absolute Gasteiger partial charge is 0.223 e. The summed E-state index contributed by atoms with van der Waals surface area (Å²) in [7, 11) is 0. The standard InChI is InChI=1S/C15H20Cl2N2O/c1-9(2)19-14(20)5-3-4-13(18)15(19)11-8-10(16)6-7-12(11)17/h6-9,13,15H,3-5,18H2,1-2H3. The van der Waals surface area contributed by atoms with Gasteiger partial charge in [-0.25, -0.2) is 0 Å². The van der Waals surface area contributed by atoms with E-state index in [9.17, 15) is 4.79 Å². The monoisotopic (exact) mass is 314 g/mol. The first-order chi connectivity index (χ1) is 9.41. The fourth-order valence-corrected chi connectivity index (χ4v) is 3.28. The highest BCUT2D eigenvalue weighted by Gasteiger charge is 2.35. The van der Waals surface area contributed by atoms with Crippen molar-refractivity contribution in [2.75, 3.05) is 0 Å². The number of nitrogens with two attached hydrogens (primary N) is 1. The van der Waals surface area contributed by atoms with Gasteiger partial charge in [0.1, 0.15) is 0 Å². The molecule has 0 aliphatic carbocycles. The van der Waals surface area contributed by atoms with Crippen LogP contribution in [0.25, 0.3) is 0 Å². The minimum atomic E-state index is -0.212. The van der Waals surface area contributed by atoms with Crippen molar-refractivity contribution < 1.29 is 4.79 Å². The van der Waals surface area contributed by atoms with Crippen LogP contribution in [0.1, 0.15) is 44.7 Å². The van der Waals surface area contributed by atoms with Crippen LogP contribution in [0, 0.1) is 0 Å². The summed E-state index contributed by atoms with van der Waals surface area (Å²) in [6, 6.07) is 5.07. The highest BCUT2D eigenvalue weighted by atomic mass is 35.5. The number of benzene rings is 1. The topological polar surface area (TPSA) is 46.3 Å². The average molecular weight is 315 g/mol. The average Bonchev–Trinajstić information content (AvgIpc) is 2.51. The van der Waals surface area contributed by atoms with Crippen LogP contribution in [-0.4, -0.2) is 22.9 Å².